The van der Waals surface area contributed by atoms with E-state index in [1.165, 1.54) is 141 Å². The summed E-state index contributed by atoms with van der Waals surface area (Å²) in [5.41, 5.74) is 0. The van der Waals surface area contributed by atoms with Crippen LogP contribution in [0.1, 0.15) is 207 Å². The number of hydrogen-bond donors (Lipinski definition) is 2. The molecule has 0 unspecified atom stereocenters. The Hall–Kier alpha value is -1.10. The third-order valence-electron chi connectivity index (χ3n) is 7.84. The van der Waals surface area contributed by atoms with Crippen LogP contribution in [0.2, 0.25) is 0 Å². The van der Waals surface area contributed by atoms with E-state index in [2.05, 4.69) is 27.7 Å². The van der Waals surface area contributed by atoms with Crippen molar-refractivity contribution in [2.24, 2.45) is 11.8 Å². The molecule has 248 valence electrons. The predicted octanol–water partition coefficient (Wildman–Crippen LogP) is 11.6. The Morgan fingerprint density at radius 1 is 0.366 bits per heavy atom. The van der Waals surface area contributed by atoms with Gasteiger partial charge < -0.3 is 15.7 Å². The van der Waals surface area contributed by atoms with Crippen molar-refractivity contribution in [2.75, 3.05) is 0 Å². The average Bonchev–Trinajstić information content (AvgIpc) is 2.88. The normalized spacial score (nSPS) is 10.9. The molecule has 41 heavy (non-hydrogen) atoms. The van der Waals surface area contributed by atoms with Gasteiger partial charge in [-0.25, -0.2) is 0 Å². The summed E-state index contributed by atoms with van der Waals surface area (Å²) in [6.45, 7) is 9.23. The SMILES string of the molecule is CC(C)CCCCCCCCCCCCCCC(=O)O.CC(C)CCCCCCCCCCCCCCC(=O)O.O. The fraction of sp³-hybridized carbons (Fsp3) is 0.944. The van der Waals surface area contributed by atoms with Crippen molar-refractivity contribution in [3.05, 3.63) is 0 Å². The lowest BCUT2D eigenvalue weighted by Gasteiger charge is -2.04. The second-order valence-electron chi connectivity index (χ2n) is 13.1. The molecule has 0 fully saturated rings. The van der Waals surface area contributed by atoms with Crippen molar-refractivity contribution in [1.29, 1.82) is 0 Å². The third-order valence-corrected chi connectivity index (χ3v) is 7.84. The van der Waals surface area contributed by atoms with E-state index in [1.54, 1.807) is 0 Å². The Kier molecular flexibility index (Phi) is 39.9. The summed E-state index contributed by atoms with van der Waals surface area (Å²) in [4.78, 5) is 20.7. The highest BCUT2D eigenvalue weighted by Gasteiger charge is 1.99. The molecule has 0 heterocycles. The molecule has 0 aliphatic carbocycles. The number of unbranched alkanes of at least 4 members (excludes halogenated alkanes) is 22. The van der Waals surface area contributed by atoms with Crippen LogP contribution in [0.25, 0.3) is 0 Å². The van der Waals surface area contributed by atoms with E-state index in [4.69, 9.17) is 10.2 Å². The van der Waals surface area contributed by atoms with Crippen LogP contribution in [-0.2, 0) is 9.59 Å². The average molecular weight is 587 g/mol. The molecule has 5 heteroatoms. The van der Waals surface area contributed by atoms with Crippen LogP contribution in [0.3, 0.4) is 0 Å². The minimum Gasteiger partial charge on any atom is -0.481 e. The molecule has 0 spiro atoms. The van der Waals surface area contributed by atoms with E-state index in [9.17, 15) is 9.59 Å². The standard InChI is InChI=1S/2C18H36O2.H2O/c2*1-17(2)15-13-11-9-7-5-3-4-6-8-10-12-14-16-18(19)20;/h2*17H,3-16H2,1-2H3,(H,19,20);1H2. The van der Waals surface area contributed by atoms with E-state index in [1.807, 2.05) is 0 Å². The molecule has 0 aromatic carbocycles. The molecule has 0 rings (SSSR count). The summed E-state index contributed by atoms with van der Waals surface area (Å²) >= 11 is 0. The van der Waals surface area contributed by atoms with Crippen LogP contribution in [0.15, 0.2) is 0 Å². The molecule has 0 aliphatic rings. The van der Waals surface area contributed by atoms with Crippen LogP contribution in [0.4, 0.5) is 0 Å². The van der Waals surface area contributed by atoms with Crippen molar-refractivity contribution < 1.29 is 25.3 Å². The van der Waals surface area contributed by atoms with E-state index < -0.39 is 11.9 Å². The van der Waals surface area contributed by atoms with Crippen molar-refractivity contribution in [1.82, 2.24) is 0 Å². The van der Waals surface area contributed by atoms with Crippen molar-refractivity contribution in [2.45, 2.75) is 207 Å². The number of carbonyl (C=O) groups is 2. The molecule has 0 radical (unpaired) electrons. The first-order valence-corrected chi connectivity index (χ1v) is 17.7. The minimum absolute atomic E-state index is 0. The summed E-state index contributed by atoms with van der Waals surface area (Å²) in [5.74, 6) is 0.424. The Morgan fingerprint density at radius 3 is 0.707 bits per heavy atom. The van der Waals surface area contributed by atoms with Gasteiger partial charge in [-0.15, -0.1) is 0 Å². The number of rotatable bonds is 30. The molecule has 0 aromatic heterocycles. The fourth-order valence-electron chi connectivity index (χ4n) is 5.19. The van der Waals surface area contributed by atoms with Gasteiger partial charge in [-0.05, 0) is 24.7 Å². The molecule has 4 N–H and O–H groups in total. The van der Waals surface area contributed by atoms with Crippen LogP contribution >= 0.6 is 0 Å². The highest BCUT2D eigenvalue weighted by molar-refractivity contribution is 5.66. The van der Waals surface area contributed by atoms with E-state index in [-0.39, 0.29) is 5.48 Å². The van der Waals surface area contributed by atoms with Crippen molar-refractivity contribution >= 4 is 11.9 Å². The molecular weight excluding hydrogens is 512 g/mol. The Morgan fingerprint density at radius 2 is 0.537 bits per heavy atom. The summed E-state index contributed by atoms with van der Waals surface area (Å²) < 4.78 is 0. The summed E-state index contributed by atoms with van der Waals surface area (Å²) in [5, 5.41) is 17.0. The molecule has 0 amide bonds. The maximum absolute atomic E-state index is 10.3. The van der Waals surface area contributed by atoms with Gasteiger partial charge in [-0.1, -0.05) is 182 Å². The zero-order valence-electron chi connectivity index (χ0n) is 28.2. The lowest BCUT2D eigenvalue weighted by atomic mass is 10.0. The first-order valence-electron chi connectivity index (χ1n) is 17.7. The number of carboxylic acids is 2. The van der Waals surface area contributed by atoms with Gasteiger partial charge in [-0.2, -0.15) is 0 Å². The van der Waals surface area contributed by atoms with Gasteiger partial charge in [0.2, 0.25) is 0 Å². The largest absolute Gasteiger partial charge is 0.481 e. The summed E-state index contributed by atoms with van der Waals surface area (Å²) in [7, 11) is 0. The molecule has 0 aliphatic heterocycles. The zero-order valence-corrected chi connectivity index (χ0v) is 28.2. The summed E-state index contributed by atoms with van der Waals surface area (Å²) in [6.07, 6.45) is 34.6. The lowest BCUT2D eigenvalue weighted by Crippen LogP contribution is -1.93. The second-order valence-corrected chi connectivity index (χ2v) is 13.1. The Balaban J connectivity index is -0.000000688. The molecular formula is C36H74O5. The number of hydrogen-bond acceptors (Lipinski definition) is 2. The molecule has 0 saturated heterocycles. The number of aliphatic carboxylic acids is 2. The topological polar surface area (TPSA) is 106 Å². The highest BCUT2D eigenvalue weighted by Crippen LogP contribution is 2.15. The minimum atomic E-state index is -0.654. The van der Waals surface area contributed by atoms with Crippen LogP contribution in [-0.4, -0.2) is 27.6 Å². The first-order chi connectivity index (χ1) is 19.3. The maximum atomic E-state index is 10.3. The Labute approximate surface area is 256 Å². The predicted molar refractivity (Wildman–Crippen MR) is 178 cm³/mol. The quantitative estimate of drug-likeness (QED) is 0.0816. The van der Waals surface area contributed by atoms with Gasteiger partial charge in [0.05, 0.1) is 0 Å². The lowest BCUT2D eigenvalue weighted by molar-refractivity contribution is -0.138. The van der Waals surface area contributed by atoms with Crippen LogP contribution < -0.4 is 0 Å². The molecule has 0 saturated carbocycles. The molecule has 0 bridgehead atoms. The molecule has 0 aromatic rings. The van der Waals surface area contributed by atoms with Gasteiger partial charge in [0.15, 0.2) is 0 Å². The van der Waals surface area contributed by atoms with Gasteiger partial charge in [0.1, 0.15) is 0 Å². The fourth-order valence-corrected chi connectivity index (χ4v) is 5.19. The van der Waals surface area contributed by atoms with E-state index >= 15 is 0 Å². The van der Waals surface area contributed by atoms with Crippen molar-refractivity contribution in [3.8, 4) is 0 Å². The van der Waals surface area contributed by atoms with Gasteiger partial charge >= 0.3 is 11.9 Å². The highest BCUT2D eigenvalue weighted by atomic mass is 16.4. The summed E-state index contributed by atoms with van der Waals surface area (Å²) in [6, 6.07) is 0. The van der Waals surface area contributed by atoms with Gasteiger partial charge in [0.25, 0.3) is 0 Å². The monoisotopic (exact) mass is 587 g/mol. The Bertz CT molecular complexity index is 472. The zero-order chi connectivity index (χ0) is 30.1. The maximum Gasteiger partial charge on any atom is 0.303 e. The van der Waals surface area contributed by atoms with Gasteiger partial charge in [-0.3, -0.25) is 9.59 Å². The molecule has 0 atom stereocenters. The van der Waals surface area contributed by atoms with Crippen LogP contribution in [0.5, 0.6) is 0 Å². The number of carboxylic acid groups (broad SMARTS) is 2. The van der Waals surface area contributed by atoms with Crippen molar-refractivity contribution in [3.63, 3.8) is 0 Å². The van der Waals surface area contributed by atoms with Crippen LogP contribution in [0, 0.1) is 11.8 Å². The van der Waals surface area contributed by atoms with E-state index in [0.717, 1.165) is 37.5 Å². The van der Waals surface area contributed by atoms with E-state index in [0.29, 0.717) is 12.8 Å². The first kappa shape index (κ1) is 44.3. The third kappa shape index (κ3) is 48.9. The second kappa shape index (κ2) is 36.9. The molecule has 5 nitrogen and oxygen atoms in total. The van der Waals surface area contributed by atoms with Gasteiger partial charge in [0, 0.05) is 12.8 Å². The smallest absolute Gasteiger partial charge is 0.303 e.